The van der Waals surface area contributed by atoms with Crippen LogP contribution in [0.25, 0.3) is 10.9 Å². The molecule has 21 heavy (non-hydrogen) atoms. The van der Waals surface area contributed by atoms with E-state index in [2.05, 4.69) is 10.3 Å². The molecule has 3 N–H and O–H groups in total. The van der Waals surface area contributed by atoms with Crippen LogP contribution in [0.1, 0.15) is 36.2 Å². The zero-order valence-electron chi connectivity index (χ0n) is 11.7. The van der Waals surface area contributed by atoms with E-state index in [0.717, 1.165) is 36.6 Å². The lowest BCUT2D eigenvalue weighted by molar-refractivity contribution is 0.0871. The maximum absolute atomic E-state index is 12.2. The van der Waals surface area contributed by atoms with Crippen LogP contribution in [-0.2, 0) is 0 Å². The summed E-state index contributed by atoms with van der Waals surface area (Å²) in [4.78, 5) is 15.3. The van der Waals surface area contributed by atoms with E-state index < -0.39 is 0 Å². The molecule has 5 heteroatoms. The summed E-state index contributed by atoms with van der Waals surface area (Å²) >= 11 is 5.95. The fourth-order valence-electron chi connectivity index (χ4n) is 3.01. The molecule has 2 unspecified atom stereocenters. The number of aliphatic hydroxyl groups excluding tert-OH is 1. The van der Waals surface area contributed by atoms with Crippen LogP contribution in [0.15, 0.2) is 24.3 Å². The van der Waals surface area contributed by atoms with Gasteiger partial charge in [-0.15, -0.1) is 0 Å². The molecule has 0 radical (unpaired) electrons. The van der Waals surface area contributed by atoms with Gasteiger partial charge in [-0.05, 0) is 49.4 Å². The first kappa shape index (κ1) is 14.4. The fourth-order valence-corrected chi connectivity index (χ4v) is 3.19. The fraction of sp³-hybridized carbons (Fsp3) is 0.438. The Bertz CT molecular complexity index is 653. The van der Waals surface area contributed by atoms with Gasteiger partial charge in [0.15, 0.2) is 0 Å². The normalized spacial score (nSPS) is 22.4. The second-order valence-electron chi connectivity index (χ2n) is 5.81. The Morgan fingerprint density at radius 1 is 1.38 bits per heavy atom. The molecule has 1 saturated carbocycles. The van der Waals surface area contributed by atoms with Crippen molar-refractivity contribution < 1.29 is 9.90 Å². The van der Waals surface area contributed by atoms with E-state index in [-0.39, 0.29) is 12.0 Å². The first-order valence-electron chi connectivity index (χ1n) is 7.36. The van der Waals surface area contributed by atoms with Crippen LogP contribution in [0, 0.1) is 5.92 Å². The van der Waals surface area contributed by atoms with Crippen molar-refractivity contribution in [2.24, 2.45) is 5.92 Å². The summed E-state index contributed by atoms with van der Waals surface area (Å²) in [5, 5.41) is 14.2. The highest BCUT2D eigenvalue weighted by atomic mass is 35.5. The van der Waals surface area contributed by atoms with Crippen LogP contribution < -0.4 is 5.32 Å². The van der Waals surface area contributed by atoms with Crippen LogP contribution >= 0.6 is 11.6 Å². The van der Waals surface area contributed by atoms with E-state index in [1.165, 1.54) is 0 Å². The monoisotopic (exact) mass is 306 g/mol. The molecule has 1 heterocycles. The van der Waals surface area contributed by atoms with Gasteiger partial charge in [0.25, 0.3) is 5.91 Å². The molecule has 112 valence electrons. The summed E-state index contributed by atoms with van der Waals surface area (Å²) in [6.07, 6.45) is 3.55. The molecule has 1 aliphatic rings. The van der Waals surface area contributed by atoms with Gasteiger partial charge in [0.2, 0.25) is 0 Å². The van der Waals surface area contributed by atoms with Crippen LogP contribution in [0.2, 0.25) is 5.02 Å². The number of aromatic nitrogens is 1. The number of nitrogens with one attached hydrogen (secondary N) is 2. The Kier molecular flexibility index (Phi) is 4.17. The quantitative estimate of drug-likeness (QED) is 0.816. The van der Waals surface area contributed by atoms with Gasteiger partial charge >= 0.3 is 0 Å². The molecule has 3 rings (SSSR count). The second-order valence-corrected chi connectivity index (χ2v) is 6.25. The maximum Gasteiger partial charge on any atom is 0.267 e. The second kappa shape index (κ2) is 6.08. The predicted octanol–water partition coefficient (Wildman–Crippen LogP) is 3.10. The third-order valence-corrected chi connectivity index (χ3v) is 4.37. The minimum atomic E-state index is -0.212. The molecule has 1 aromatic carbocycles. The van der Waals surface area contributed by atoms with E-state index >= 15 is 0 Å². The van der Waals surface area contributed by atoms with Gasteiger partial charge < -0.3 is 15.4 Å². The minimum Gasteiger partial charge on any atom is -0.393 e. The first-order valence-corrected chi connectivity index (χ1v) is 7.74. The van der Waals surface area contributed by atoms with Crippen molar-refractivity contribution in [3.05, 3.63) is 35.0 Å². The molecule has 2 atom stereocenters. The number of H-pyrrole nitrogens is 1. The Morgan fingerprint density at radius 2 is 2.24 bits per heavy atom. The van der Waals surface area contributed by atoms with Gasteiger partial charge in [-0.25, -0.2) is 0 Å². The van der Waals surface area contributed by atoms with Gasteiger partial charge in [-0.1, -0.05) is 18.0 Å². The van der Waals surface area contributed by atoms with Gasteiger partial charge in [0.05, 0.1) is 6.10 Å². The summed E-state index contributed by atoms with van der Waals surface area (Å²) in [7, 11) is 0. The minimum absolute atomic E-state index is 0.109. The van der Waals surface area contributed by atoms with Crippen LogP contribution in [0.3, 0.4) is 0 Å². The molecule has 1 aromatic heterocycles. The van der Waals surface area contributed by atoms with Gasteiger partial charge in [0, 0.05) is 22.5 Å². The lowest BCUT2D eigenvalue weighted by atomic mass is 9.87. The molecule has 2 aromatic rings. The van der Waals surface area contributed by atoms with Crippen LogP contribution in [-0.4, -0.2) is 28.6 Å². The Hall–Kier alpha value is -1.52. The lowest BCUT2D eigenvalue weighted by Gasteiger charge is -2.25. The van der Waals surface area contributed by atoms with Gasteiger partial charge in [0.1, 0.15) is 5.69 Å². The summed E-state index contributed by atoms with van der Waals surface area (Å²) in [6.45, 7) is 0.617. The SMILES string of the molecule is O=C(NCC1CCCC(O)C1)c1cc2cc(Cl)ccc2[nH]1. The Labute approximate surface area is 128 Å². The number of hydrogen-bond donors (Lipinski definition) is 3. The smallest absolute Gasteiger partial charge is 0.267 e. The summed E-state index contributed by atoms with van der Waals surface area (Å²) < 4.78 is 0. The highest BCUT2D eigenvalue weighted by molar-refractivity contribution is 6.31. The average Bonchev–Trinajstić information content (AvgIpc) is 2.88. The van der Waals surface area contributed by atoms with Crippen LogP contribution in [0.4, 0.5) is 0 Å². The number of amides is 1. The highest BCUT2D eigenvalue weighted by Crippen LogP contribution is 2.24. The summed E-state index contributed by atoms with van der Waals surface area (Å²) in [6, 6.07) is 7.31. The zero-order chi connectivity index (χ0) is 14.8. The standard InChI is InChI=1S/C16H19ClN2O2/c17-12-4-5-14-11(7-12)8-15(19-14)16(21)18-9-10-2-1-3-13(20)6-10/h4-5,7-8,10,13,19-20H,1-3,6,9H2,(H,18,21). The van der Waals surface area contributed by atoms with Crippen molar-refractivity contribution >= 4 is 28.4 Å². The number of aromatic amines is 1. The Balaban J connectivity index is 1.63. The molecule has 1 amide bonds. The maximum atomic E-state index is 12.2. The molecular formula is C16H19ClN2O2. The van der Waals surface area contributed by atoms with Gasteiger partial charge in [-0.2, -0.15) is 0 Å². The van der Waals surface area contributed by atoms with Crippen molar-refractivity contribution in [2.75, 3.05) is 6.54 Å². The molecule has 0 bridgehead atoms. The number of halogens is 1. The van der Waals surface area contributed by atoms with E-state index in [9.17, 15) is 9.90 Å². The molecule has 4 nitrogen and oxygen atoms in total. The van der Waals surface area contributed by atoms with Crippen molar-refractivity contribution in [2.45, 2.75) is 31.8 Å². The number of hydrogen-bond acceptors (Lipinski definition) is 2. The van der Waals surface area contributed by atoms with Crippen LogP contribution in [0.5, 0.6) is 0 Å². The largest absolute Gasteiger partial charge is 0.393 e. The van der Waals surface area contributed by atoms with Crippen molar-refractivity contribution in [1.29, 1.82) is 0 Å². The van der Waals surface area contributed by atoms with E-state index in [0.29, 0.717) is 23.2 Å². The first-order chi connectivity index (χ1) is 10.1. The molecule has 1 fully saturated rings. The number of aliphatic hydroxyl groups is 1. The van der Waals surface area contributed by atoms with E-state index in [1.807, 2.05) is 18.2 Å². The average molecular weight is 307 g/mol. The predicted molar refractivity (Wildman–Crippen MR) is 83.6 cm³/mol. The number of carbonyl (C=O) groups excluding carboxylic acids is 1. The van der Waals surface area contributed by atoms with Crippen molar-refractivity contribution in [3.63, 3.8) is 0 Å². The van der Waals surface area contributed by atoms with Gasteiger partial charge in [-0.3, -0.25) is 4.79 Å². The van der Waals surface area contributed by atoms with Crippen molar-refractivity contribution in [3.8, 4) is 0 Å². The third-order valence-electron chi connectivity index (χ3n) is 4.13. The summed E-state index contributed by atoms with van der Waals surface area (Å²) in [5.41, 5.74) is 1.45. The zero-order valence-corrected chi connectivity index (χ0v) is 12.5. The third kappa shape index (κ3) is 3.39. The lowest BCUT2D eigenvalue weighted by Crippen LogP contribution is -2.33. The molecular weight excluding hydrogens is 288 g/mol. The Morgan fingerprint density at radius 3 is 3.05 bits per heavy atom. The summed E-state index contributed by atoms with van der Waals surface area (Å²) in [5.74, 6) is 0.263. The van der Waals surface area contributed by atoms with Crippen molar-refractivity contribution in [1.82, 2.24) is 10.3 Å². The molecule has 1 aliphatic carbocycles. The van der Waals surface area contributed by atoms with E-state index in [1.54, 1.807) is 6.07 Å². The number of carbonyl (C=O) groups is 1. The molecule has 0 aliphatic heterocycles. The molecule has 0 saturated heterocycles. The topological polar surface area (TPSA) is 65.1 Å². The number of rotatable bonds is 3. The number of benzene rings is 1. The number of fused-ring (bicyclic) bond motifs is 1. The highest BCUT2D eigenvalue weighted by Gasteiger charge is 2.21. The van der Waals surface area contributed by atoms with E-state index in [4.69, 9.17) is 11.6 Å². The molecule has 0 spiro atoms.